The van der Waals surface area contributed by atoms with Gasteiger partial charge in [0.05, 0.1) is 7.11 Å². The molecular weight excluding hydrogens is 204 g/mol. The molecule has 0 unspecified atom stereocenters. The van der Waals surface area contributed by atoms with Gasteiger partial charge in [-0.3, -0.25) is 0 Å². The van der Waals surface area contributed by atoms with Crippen LogP contribution in [0.4, 0.5) is 0 Å². The van der Waals surface area contributed by atoms with Crippen LogP contribution < -0.4 is 4.74 Å². The van der Waals surface area contributed by atoms with Crippen molar-refractivity contribution >= 4 is 5.97 Å². The monoisotopic (exact) mass is 222 g/mol. The van der Waals surface area contributed by atoms with Gasteiger partial charge < -0.3 is 9.47 Å². The van der Waals surface area contributed by atoms with E-state index >= 15 is 0 Å². The van der Waals surface area contributed by atoms with Crippen LogP contribution in [0.25, 0.3) is 0 Å². The van der Waals surface area contributed by atoms with Crippen molar-refractivity contribution in [2.45, 2.75) is 32.8 Å². The Kier molecular flexibility index (Phi) is 4.35. The molecule has 0 aromatic heterocycles. The Labute approximate surface area is 96.4 Å². The summed E-state index contributed by atoms with van der Waals surface area (Å²) in [7, 11) is 1.36. The lowest BCUT2D eigenvalue weighted by Gasteiger charge is -2.17. The number of carbonyl (C=O) groups is 1. The number of hydrogen-bond donors (Lipinski definition) is 0. The van der Waals surface area contributed by atoms with E-state index in [1.807, 2.05) is 24.3 Å². The molecule has 0 aliphatic heterocycles. The molecule has 1 rings (SSSR count). The second-order valence-electron chi connectivity index (χ2n) is 3.98. The number of para-hydroxylation sites is 1. The minimum atomic E-state index is -0.579. The van der Waals surface area contributed by atoms with E-state index in [1.165, 1.54) is 7.11 Å². The van der Waals surface area contributed by atoms with Gasteiger partial charge in [-0.15, -0.1) is 0 Å². The zero-order valence-electron chi connectivity index (χ0n) is 10.2. The fourth-order valence-electron chi connectivity index (χ4n) is 1.47. The van der Waals surface area contributed by atoms with E-state index in [0.717, 1.165) is 11.3 Å². The molecule has 0 N–H and O–H groups in total. The van der Waals surface area contributed by atoms with Gasteiger partial charge in [-0.25, -0.2) is 4.79 Å². The first-order valence-electron chi connectivity index (χ1n) is 5.39. The molecule has 0 aliphatic rings. The number of hydrogen-bond acceptors (Lipinski definition) is 3. The van der Waals surface area contributed by atoms with Gasteiger partial charge in [0.15, 0.2) is 6.10 Å². The lowest BCUT2D eigenvalue weighted by molar-refractivity contribution is -0.147. The fraction of sp³-hybridized carbons (Fsp3) is 0.462. The zero-order valence-corrected chi connectivity index (χ0v) is 10.2. The van der Waals surface area contributed by atoms with Crippen molar-refractivity contribution in [3.63, 3.8) is 0 Å². The van der Waals surface area contributed by atoms with E-state index in [1.54, 1.807) is 6.92 Å². The summed E-state index contributed by atoms with van der Waals surface area (Å²) in [6.07, 6.45) is -0.579. The number of rotatable bonds is 4. The predicted octanol–water partition coefficient (Wildman–Crippen LogP) is 2.75. The number of methoxy groups -OCH3 is 1. The van der Waals surface area contributed by atoms with Crippen LogP contribution in [0, 0.1) is 0 Å². The van der Waals surface area contributed by atoms with Gasteiger partial charge in [0.1, 0.15) is 5.75 Å². The summed E-state index contributed by atoms with van der Waals surface area (Å²) in [4.78, 5) is 11.3. The molecule has 0 fully saturated rings. The molecule has 0 aliphatic carbocycles. The first-order valence-corrected chi connectivity index (χ1v) is 5.39. The SMILES string of the molecule is COC(=O)[C@@H](C)Oc1ccccc1C(C)C. The van der Waals surface area contributed by atoms with E-state index in [2.05, 4.69) is 18.6 Å². The molecule has 0 amide bonds. The van der Waals surface area contributed by atoms with Gasteiger partial charge in [0.25, 0.3) is 0 Å². The highest BCUT2D eigenvalue weighted by Gasteiger charge is 2.17. The third kappa shape index (κ3) is 2.99. The summed E-state index contributed by atoms with van der Waals surface area (Å²) < 4.78 is 10.2. The van der Waals surface area contributed by atoms with Crippen LogP contribution in [0.15, 0.2) is 24.3 Å². The fourth-order valence-corrected chi connectivity index (χ4v) is 1.47. The molecule has 1 aromatic carbocycles. The summed E-state index contributed by atoms with van der Waals surface area (Å²) in [5, 5.41) is 0. The van der Waals surface area contributed by atoms with Crippen LogP contribution in [0.2, 0.25) is 0 Å². The summed E-state index contributed by atoms with van der Waals surface area (Å²) in [5.74, 6) is 0.745. The number of esters is 1. The van der Waals surface area contributed by atoms with Crippen molar-refractivity contribution in [1.82, 2.24) is 0 Å². The largest absolute Gasteiger partial charge is 0.479 e. The van der Waals surface area contributed by atoms with E-state index in [4.69, 9.17) is 4.74 Å². The van der Waals surface area contributed by atoms with Crippen molar-refractivity contribution < 1.29 is 14.3 Å². The molecule has 0 saturated carbocycles. The lowest BCUT2D eigenvalue weighted by Crippen LogP contribution is -2.25. The van der Waals surface area contributed by atoms with Gasteiger partial charge in [0, 0.05) is 0 Å². The Hall–Kier alpha value is -1.51. The molecule has 3 heteroatoms. The Morgan fingerprint density at radius 2 is 1.81 bits per heavy atom. The Morgan fingerprint density at radius 3 is 2.38 bits per heavy atom. The third-order valence-corrected chi connectivity index (χ3v) is 2.38. The molecule has 0 saturated heterocycles. The lowest BCUT2D eigenvalue weighted by atomic mass is 10.0. The van der Waals surface area contributed by atoms with Crippen molar-refractivity contribution in [2.75, 3.05) is 7.11 Å². The standard InChI is InChI=1S/C13H18O3/c1-9(2)11-7-5-6-8-12(11)16-10(3)13(14)15-4/h5-10H,1-4H3/t10-/m1/s1. The van der Waals surface area contributed by atoms with Crippen LogP contribution in [-0.2, 0) is 9.53 Å². The van der Waals surface area contributed by atoms with Gasteiger partial charge in [-0.2, -0.15) is 0 Å². The third-order valence-electron chi connectivity index (χ3n) is 2.38. The number of ether oxygens (including phenoxy) is 2. The van der Waals surface area contributed by atoms with E-state index < -0.39 is 6.10 Å². The second-order valence-corrected chi connectivity index (χ2v) is 3.98. The summed E-state index contributed by atoms with van der Waals surface area (Å²) in [6.45, 7) is 5.86. The summed E-state index contributed by atoms with van der Waals surface area (Å²) in [5.41, 5.74) is 1.10. The molecule has 0 heterocycles. The minimum absolute atomic E-state index is 0.362. The smallest absolute Gasteiger partial charge is 0.346 e. The molecular formula is C13H18O3. The van der Waals surface area contributed by atoms with Crippen LogP contribution in [0.3, 0.4) is 0 Å². The normalized spacial score (nSPS) is 12.3. The topological polar surface area (TPSA) is 35.5 Å². The molecule has 0 spiro atoms. The Morgan fingerprint density at radius 1 is 1.19 bits per heavy atom. The highest BCUT2D eigenvalue weighted by molar-refractivity contribution is 5.74. The second kappa shape index (κ2) is 5.54. The molecule has 1 aromatic rings. The van der Waals surface area contributed by atoms with Crippen LogP contribution in [-0.4, -0.2) is 19.2 Å². The average Bonchev–Trinajstić information content (AvgIpc) is 2.28. The van der Waals surface area contributed by atoms with Crippen molar-refractivity contribution in [1.29, 1.82) is 0 Å². The maximum Gasteiger partial charge on any atom is 0.346 e. The van der Waals surface area contributed by atoms with Crippen LogP contribution in [0.1, 0.15) is 32.3 Å². The van der Waals surface area contributed by atoms with E-state index in [9.17, 15) is 4.79 Å². The Balaban J connectivity index is 2.84. The zero-order chi connectivity index (χ0) is 12.1. The first kappa shape index (κ1) is 12.6. The van der Waals surface area contributed by atoms with E-state index in [0.29, 0.717) is 5.92 Å². The van der Waals surface area contributed by atoms with Crippen molar-refractivity contribution in [3.05, 3.63) is 29.8 Å². The molecule has 0 bridgehead atoms. The quantitative estimate of drug-likeness (QED) is 0.735. The summed E-state index contributed by atoms with van der Waals surface area (Å²) in [6, 6.07) is 7.73. The van der Waals surface area contributed by atoms with Crippen molar-refractivity contribution in [2.24, 2.45) is 0 Å². The molecule has 1 atom stereocenters. The minimum Gasteiger partial charge on any atom is -0.479 e. The summed E-state index contributed by atoms with van der Waals surface area (Å²) >= 11 is 0. The highest BCUT2D eigenvalue weighted by Crippen LogP contribution is 2.26. The molecule has 88 valence electrons. The maximum atomic E-state index is 11.3. The average molecular weight is 222 g/mol. The van der Waals surface area contributed by atoms with E-state index in [-0.39, 0.29) is 5.97 Å². The van der Waals surface area contributed by atoms with Gasteiger partial charge >= 0.3 is 5.97 Å². The van der Waals surface area contributed by atoms with Gasteiger partial charge in [-0.05, 0) is 24.5 Å². The number of benzene rings is 1. The van der Waals surface area contributed by atoms with Crippen LogP contribution in [0.5, 0.6) is 5.75 Å². The highest BCUT2D eigenvalue weighted by atomic mass is 16.6. The molecule has 16 heavy (non-hydrogen) atoms. The maximum absolute atomic E-state index is 11.3. The van der Waals surface area contributed by atoms with Gasteiger partial charge in [0.2, 0.25) is 0 Å². The molecule has 0 radical (unpaired) electrons. The van der Waals surface area contributed by atoms with Crippen molar-refractivity contribution in [3.8, 4) is 5.75 Å². The molecule has 3 nitrogen and oxygen atoms in total. The Bertz CT molecular complexity index is 358. The van der Waals surface area contributed by atoms with Gasteiger partial charge in [-0.1, -0.05) is 32.0 Å². The predicted molar refractivity (Wildman–Crippen MR) is 62.6 cm³/mol. The number of carbonyl (C=O) groups excluding carboxylic acids is 1. The van der Waals surface area contributed by atoms with Crippen LogP contribution >= 0.6 is 0 Å². The first-order chi connectivity index (χ1) is 7.56.